The van der Waals surface area contributed by atoms with Crippen molar-refractivity contribution >= 4 is 23.0 Å². The van der Waals surface area contributed by atoms with Crippen molar-refractivity contribution < 1.29 is 9.72 Å². The summed E-state index contributed by atoms with van der Waals surface area (Å²) in [6.07, 6.45) is 0.922. The molecule has 7 heteroatoms. The van der Waals surface area contributed by atoms with E-state index in [1.54, 1.807) is 18.0 Å². The zero-order valence-corrected chi connectivity index (χ0v) is 12.7. The Labute approximate surface area is 124 Å². The number of nitrogens with one attached hydrogen (secondary N) is 2. The van der Waals surface area contributed by atoms with Crippen LogP contribution in [0.4, 0.5) is 17.1 Å². The fourth-order valence-corrected chi connectivity index (χ4v) is 1.68. The van der Waals surface area contributed by atoms with Crippen molar-refractivity contribution in [1.29, 1.82) is 0 Å². The van der Waals surface area contributed by atoms with E-state index < -0.39 is 4.92 Å². The summed E-state index contributed by atoms with van der Waals surface area (Å²) < 4.78 is 0. The Hall–Kier alpha value is -2.31. The number of likely N-dealkylation sites (N-methyl/N-ethyl adjacent to an activating group) is 1. The van der Waals surface area contributed by atoms with Crippen LogP contribution in [0.5, 0.6) is 0 Å². The first-order chi connectivity index (χ1) is 9.97. The first-order valence-electron chi connectivity index (χ1n) is 6.99. The maximum absolute atomic E-state index is 11.7. The molecule has 0 saturated heterocycles. The van der Waals surface area contributed by atoms with Crippen molar-refractivity contribution in [3.05, 3.63) is 28.3 Å². The molecule has 1 aromatic carbocycles. The second kappa shape index (κ2) is 8.08. The minimum absolute atomic E-state index is 0.00472. The number of rotatable bonds is 8. The third kappa shape index (κ3) is 5.29. The summed E-state index contributed by atoms with van der Waals surface area (Å²) in [6, 6.07) is 4.68. The monoisotopic (exact) mass is 294 g/mol. The molecule has 1 rings (SSSR count). The molecule has 1 aromatic rings. The van der Waals surface area contributed by atoms with Gasteiger partial charge >= 0.3 is 0 Å². The van der Waals surface area contributed by atoms with Crippen LogP contribution in [0.3, 0.4) is 0 Å². The average molecular weight is 294 g/mol. The van der Waals surface area contributed by atoms with Crippen molar-refractivity contribution in [2.24, 2.45) is 0 Å². The Morgan fingerprint density at radius 1 is 1.24 bits per heavy atom. The molecular formula is C14H22N4O3. The molecule has 0 aliphatic rings. The number of amides is 1. The highest BCUT2D eigenvalue weighted by molar-refractivity contribution is 5.81. The van der Waals surface area contributed by atoms with E-state index in [4.69, 9.17) is 0 Å². The number of carbonyl (C=O) groups excluding carboxylic acids is 1. The van der Waals surface area contributed by atoms with Crippen LogP contribution < -0.4 is 10.6 Å². The summed E-state index contributed by atoms with van der Waals surface area (Å²) in [7, 11) is 1.71. The van der Waals surface area contributed by atoms with Crippen molar-refractivity contribution in [3.63, 3.8) is 0 Å². The van der Waals surface area contributed by atoms with E-state index in [2.05, 4.69) is 10.6 Å². The smallest absolute Gasteiger partial charge is 0.273 e. The van der Waals surface area contributed by atoms with Gasteiger partial charge in [-0.05, 0) is 19.4 Å². The van der Waals surface area contributed by atoms with Gasteiger partial charge in [-0.25, -0.2) is 0 Å². The number of benzene rings is 1. The second-order valence-electron chi connectivity index (χ2n) is 4.71. The molecule has 0 radical (unpaired) electrons. The summed E-state index contributed by atoms with van der Waals surface area (Å²) in [5, 5.41) is 17.0. The van der Waals surface area contributed by atoms with Crippen molar-refractivity contribution in [2.45, 2.75) is 20.3 Å². The Kier molecular flexibility index (Phi) is 6.45. The lowest BCUT2D eigenvalue weighted by atomic mass is 10.2. The molecule has 0 heterocycles. The standard InChI is InChI=1S/C14H22N4O3/c1-4-6-15-11-7-12(9-13(8-11)18(20)21)16-10-14(19)17(3)5-2/h7-9,15-16H,4-6,10H2,1-3H3. The lowest BCUT2D eigenvalue weighted by Gasteiger charge is -2.15. The maximum atomic E-state index is 11.7. The largest absolute Gasteiger partial charge is 0.385 e. The number of nitro groups is 1. The number of hydrogen-bond donors (Lipinski definition) is 2. The van der Waals surface area contributed by atoms with Crippen LogP contribution in [0.1, 0.15) is 20.3 Å². The van der Waals surface area contributed by atoms with Gasteiger partial charge in [-0.1, -0.05) is 6.92 Å². The van der Waals surface area contributed by atoms with Crippen LogP contribution in [0.25, 0.3) is 0 Å². The maximum Gasteiger partial charge on any atom is 0.273 e. The van der Waals surface area contributed by atoms with Crippen LogP contribution in [0.15, 0.2) is 18.2 Å². The Morgan fingerprint density at radius 2 is 1.86 bits per heavy atom. The molecule has 21 heavy (non-hydrogen) atoms. The highest BCUT2D eigenvalue weighted by Gasteiger charge is 2.11. The fourth-order valence-electron chi connectivity index (χ4n) is 1.68. The minimum atomic E-state index is -0.442. The highest BCUT2D eigenvalue weighted by Crippen LogP contribution is 2.24. The predicted molar refractivity (Wildman–Crippen MR) is 83.7 cm³/mol. The molecular weight excluding hydrogens is 272 g/mol. The van der Waals surface area contributed by atoms with Gasteiger partial charge in [0.15, 0.2) is 0 Å². The van der Waals surface area contributed by atoms with Gasteiger partial charge in [0.25, 0.3) is 5.69 Å². The lowest BCUT2D eigenvalue weighted by Crippen LogP contribution is -2.31. The SMILES string of the molecule is CCCNc1cc(NCC(=O)N(C)CC)cc([N+](=O)[O-])c1. The van der Waals surface area contributed by atoms with E-state index in [-0.39, 0.29) is 18.1 Å². The van der Waals surface area contributed by atoms with E-state index in [1.807, 2.05) is 13.8 Å². The Morgan fingerprint density at radius 3 is 2.38 bits per heavy atom. The normalized spacial score (nSPS) is 10.0. The number of nitrogens with zero attached hydrogens (tertiary/aromatic N) is 2. The third-order valence-electron chi connectivity index (χ3n) is 3.05. The third-order valence-corrected chi connectivity index (χ3v) is 3.05. The van der Waals surface area contributed by atoms with Crippen LogP contribution in [0, 0.1) is 10.1 Å². The van der Waals surface area contributed by atoms with E-state index in [1.165, 1.54) is 12.1 Å². The molecule has 0 unspecified atom stereocenters. The molecule has 0 bridgehead atoms. The molecule has 0 spiro atoms. The van der Waals surface area contributed by atoms with Gasteiger partial charge in [0.2, 0.25) is 5.91 Å². The van der Waals surface area contributed by atoms with Crippen LogP contribution in [0.2, 0.25) is 0 Å². The Bertz CT molecular complexity index is 505. The first-order valence-corrected chi connectivity index (χ1v) is 6.99. The molecule has 0 saturated carbocycles. The lowest BCUT2D eigenvalue weighted by molar-refractivity contribution is -0.384. The van der Waals surface area contributed by atoms with Gasteiger partial charge in [0, 0.05) is 43.6 Å². The van der Waals surface area contributed by atoms with Crippen molar-refractivity contribution in [3.8, 4) is 0 Å². The molecule has 2 N–H and O–H groups in total. The van der Waals surface area contributed by atoms with Crippen molar-refractivity contribution in [2.75, 3.05) is 37.3 Å². The van der Waals surface area contributed by atoms with Gasteiger partial charge < -0.3 is 15.5 Å². The summed E-state index contributed by atoms with van der Waals surface area (Å²) in [4.78, 5) is 23.8. The van der Waals surface area contributed by atoms with E-state index in [0.717, 1.165) is 13.0 Å². The summed E-state index contributed by atoms with van der Waals surface area (Å²) >= 11 is 0. The first kappa shape index (κ1) is 16.7. The fraction of sp³-hybridized carbons (Fsp3) is 0.500. The second-order valence-corrected chi connectivity index (χ2v) is 4.71. The number of nitro benzene ring substituents is 1. The van der Waals surface area contributed by atoms with Crippen LogP contribution in [-0.4, -0.2) is 42.4 Å². The molecule has 1 amide bonds. The van der Waals surface area contributed by atoms with Gasteiger partial charge in [-0.3, -0.25) is 14.9 Å². The molecule has 0 aromatic heterocycles. The number of hydrogen-bond acceptors (Lipinski definition) is 5. The van der Waals surface area contributed by atoms with Gasteiger partial charge in [-0.15, -0.1) is 0 Å². The van der Waals surface area contributed by atoms with Gasteiger partial charge in [0.05, 0.1) is 11.5 Å². The predicted octanol–water partition coefficient (Wildman–Crippen LogP) is 2.31. The van der Waals surface area contributed by atoms with Crippen LogP contribution >= 0.6 is 0 Å². The van der Waals surface area contributed by atoms with Crippen molar-refractivity contribution in [1.82, 2.24) is 4.90 Å². The Balaban J connectivity index is 2.82. The van der Waals surface area contributed by atoms with E-state index >= 15 is 0 Å². The zero-order valence-electron chi connectivity index (χ0n) is 12.7. The average Bonchev–Trinajstić information content (AvgIpc) is 2.49. The highest BCUT2D eigenvalue weighted by atomic mass is 16.6. The minimum Gasteiger partial charge on any atom is -0.385 e. The molecule has 0 aliphatic heterocycles. The van der Waals surface area contributed by atoms with Gasteiger partial charge in [-0.2, -0.15) is 0 Å². The topological polar surface area (TPSA) is 87.5 Å². The molecule has 0 fully saturated rings. The summed E-state index contributed by atoms with van der Waals surface area (Å²) in [6.45, 7) is 5.37. The molecule has 7 nitrogen and oxygen atoms in total. The molecule has 116 valence electrons. The van der Waals surface area contributed by atoms with Crippen LogP contribution in [-0.2, 0) is 4.79 Å². The van der Waals surface area contributed by atoms with E-state index in [9.17, 15) is 14.9 Å². The quantitative estimate of drug-likeness (QED) is 0.567. The molecule has 0 atom stereocenters. The summed E-state index contributed by atoms with van der Waals surface area (Å²) in [5.74, 6) is -0.0629. The van der Waals surface area contributed by atoms with E-state index in [0.29, 0.717) is 17.9 Å². The molecule has 0 aliphatic carbocycles. The van der Waals surface area contributed by atoms with Gasteiger partial charge in [0.1, 0.15) is 0 Å². The zero-order chi connectivity index (χ0) is 15.8. The number of anilines is 2. The number of carbonyl (C=O) groups is 1. The summed E-state index contributed by atoms with van der Waals surface area (Å²) in [5.41, 5.74) is 1.22. The number of non-ortho nitro benzene ring substituents is 1.